The monoisotopic (exact) mass is 597 g/mol. The number of carbonyl (C=O) groups excluding carboxylic acids is 5. The summed E-state index contributed by atoms with van der Waals surface area (Å²) < 4.78 is 10.5. The molecule has 3 aromatic rings. The number of ether oxygens (including phenoxy) is 2. The molecule has 12 heteroatoms. The molecular weight excluding hydrogens is 570 g/mol. The topological polar surface area (TPSA) is 153 Å². The largest absolute Gasteiger partial charge is 0.497 e. The molecule has 0 spiro atoms. The molecule has 1 heterocycles. The molecule has 12 nitrogen and oxygen atoms in total. The highest BCUT2D eigenvalue weighted by Crippen LogP contribution is 2.39. The number of hydrogen-bond acceptors (Lipinski definition) is 9. The zero-order valence-corrected chi connectivity index (χ0v) is 23.7. The van der Waals surface area contributed by atoms with Gasteiger partial charge in [-0.3, -0.25) is 29.3 Å². The number of ketones is 1. The van der Waals surface area contributed by atoms with Gasteiger partial charge in [-0.1, -0.05) is 25.1 Å². The number of nitro benzene ring substituents is 1. The number of benzene rings is 3. The zero-order chi connectivity index (χ0) is 31.5. The van der Waals surface area contributed by atoms with E-state index in [0.717, 1.165) is 22.2 Å². The van der Waals surface area contributed by atoms with Crippen molar-refractivity contribution in [1.29, 1.82) is 0 Å². The van der Waals surface area contributed by atoms with E-state index in [0.29, 0.717) is 12.2 Å². The van der Waals surface area contributed by atoms with Gasteiger partial charge in [-0.2, -0.15) is 5.01 Å². The highest BCUT2D eigenvalue weighted by molar-refractivity contribution is 6.10. The number of non-ortho nitro benzene ring substituents is 1. The van der Waals surface area contributed by atoms with E-state index in [9.17, 15) is 34.1 Å². The summed E-state index contributed by atoms with van der Waals surface area (Å²) in [6, 6.07) is 16.6. The number of amides is 3. The fourth-order valence-electron chi connectivity index (χ4n) is 5.33. The summed E-state index contributed by atoms with van der Waals surface area (Å²) in [6.45, 7) is 1.13. The smallest absolute Gasteiger partial charge is 0.343 e. The lowest BCUT2D eigenvalue weighted by atomic mass is 9.78. The summed E-state index contributed by atoms with van der Waals surface area (Å²) in [7, 11) is 1.47. The summed E-state index contributed by atoms with van der Waals surface area (Å²) >= 11 is 0. The minimum atomic E-state index is -0.849. The van der Waals surface area contributed by atoms with Gasteiger partial charge in [-0.15, -0.1) is 0 Å². The summed E-state index contributed by atoms with van der Waals surface area (Å²) in [5.74, 6) is -4.27. The van der Waals surface area contributed by atoms with E-state index in [1.807, 2.05) is 12.2 Å². The highest BCUT2D eigenvalue weighted by Gasteiger charge is 2.53. The standard InChI is InChI=1S/C32H27N3O9/c1-19-5-3-8-26-28(19)31(39)34(30(26)38)33(29(37)21-9-13-23(14-10-21)35(41)42)18-27(36)20-11-15-24(16-12-20)44-32(40)22-6-4-7-25(17-22)43-2/h3-7,9-17,19,26,28H,8,18H2,1-2H3/t19-,26+,28+/m0/s1. The van der Waals surface area contributed by atoms with Crippen LogP contribution in [0.3, 0.4) is 0 Å². The molecule has 0 unspecified atom stereocenters. The van der Waals surface area contributed by atoms with Gasteiger partial charge in [0.1, 0.15) is 18.0 Å². The molecule has 1 aliphatic heterocycles. The number of esters is 1. The van der Waals surface area contributed by atoms with Crippen LogP contribution in [-0.2, 0) is 9.59 Å². The van der Waals surface area contributed by atoms with Gasteiger partial charge in [-0.25, -0.2) is 9.80 Å². The summed E-state index contributed by atoms with van der Waals surface area (Å²) in [4.78, 5) is 77.1. The molecule has 0 aromatic heterocycles. The van der Waals surface area contributed by atoms with Crippen LogP contribution in [0.5, 0.6) is 11.5 Å². The number of allylic oxidation sites excluding steroid dienone is 2. The maximum atomic E-state index is 13.7. The second kappa shape index (κ2) is 12.3. The van der Waals surface area contributed by atoms with Gasteiger partial charge in [0.15, 0.2) is 5.78 Å². The zero-order valence-electron chi connectivity index (χ0n) is 23.7. The number of hydrogen-bond donors (Lipinski definition) is 0. The lowest BCUT2D eigenvalue weighted by Crippen LogP contribution is -2.52. The van der Waals surface area contributed by atoms with Gasteiger partial charge in [0.2, 0.25) is 0 Å². The Morgan fingerprint density at radius 2 is 1.61 bits per heavy atom. The molecule has 1 aliphatic carbocycles. The number of hydrazine groups is 1. The van der Waals surface area contributed by atoms with Crippen molar-refractivity contribution in [3.05, 3.63) is 112 Å². The molecule has 1 fully saturated rings. The van der Waals surface area contributed by atoms with E-state index in [4.69, 9.17) is 9.47 Å². The van der Waals surface area contributed by atoms with Crippen molar-refractivity contribution in [1.82, 2.24) is 10.0 Å². The van der Waals surface area contributed by atoms with E-state index in [2.05, 4.69) is 0 Å². The Hall–Kier alpha value is -5.65. The Balaban J connectivity index is 1.38. The third-order valence-corrected chi connectivity index (χ3v) is 7.64. The van der Waals surface area contributed by atoms with Crippen molar-refractivity contribution >= 4 is 35.2 Å². The Labute approximate surface area is 251 Å². The van der Waals surface area contributed by atoms with Gasteiger partial charge in [-0.05, 0) is 66.9 Å². The van der Waals surface area contributed by atoms with Crippen LogP contribution >= 0.6 is 0 Å². The third kappa shape index (κ3) is 5.82. The SMILES string of the molecule is COc1cccc(C(=O)Oc2ccc(C(=O)CN(C(=O)c3ccc([N+](=O)[O-])cc3)N3C(=O)[C@@H]4[C@@H](C)C=CC[C@H]4C3=O)cc2)c1. The molecule has 3 amide bonds. The first-order valence-electron chi connectivity index (χ1n) is 13.7. The number of imide groups is 1. The van der Waals surface area contributed by atoms with Crippen LogP contribution in [0.1, 0.15) is 44.4 Å². The van der Waals surface area contributed by atoms with Crippen molar-refractivity contribution in [3.63, 3.8) is 0 Å². The molecule has 2 aliphatic rings. The quantitative estimate of drug-likeness (QED) is 0.0670. The predicted octanol–water partition coefficient (Wildman–Crippen LogP) is 4.26. The van der Waals surface area contributed by atoms with Gasteiger partial charge in [0.25, 0.3) is 23.4 Å². The Morgan fingerprint density at radius 1 is 0.932 bits per heavy atom. The number of carbonyl (C=O) groups is 5. The van der Waals surface area contributed by atoms with Crippen molar-refractivity contribution in [3.8, 4) is 11.5 Å². The van der Waals surface area contributed by atoms with E-state index in [-0.39, 0.29) is 34.0 Å². The first-order chi connectivity index (χ1) is 21.1. The maximum Gasteiger partial charge on any atom is 0.343 e. The molecule has 224 valence electrons. The van der Waals surface area contributed by atoms with Gasteiger partial charge in [0, 0.05) is 23.3 Å². The molecule has 3 atom stereocenters. The average Bonchev–Trinajstić information content (AvgIpc) is 3.29. The molecule has 3 aromatic carbocycles. The lowest BCUT2D eigenvalue weighted by Gasteiger charge is -2.30. The third-order valence-electron chi connectivity index (χ3n) is 7.64. The highest BCUT2D eigenvalue weighted by atomic mass is 16.6. The van der Waals surface area contributed by atoms with E-state index < -0.39 is 52.8 Å². The number of Topliss-reactive ketones (excluding diaryl/α,β-unsaturated/α-hetero) is 1. The normalized spacial score (nSPS) is 18.9. The summed E-state index contributed by atoms with van der Waals surface area (Å²) in [5.41, 5.74) is 0.0784. The molecule has 44 heavy (non-hydrogen) atoms. The molecule has 0 bridgehead atoms. The van der Waals surface area contributed by atoms with Gasteiger partial charge < -0.3 is 9.47 Å². The number of fused-ring (bicyclic) bond motifs is 1. The van der Waals surface area contributed by atoms with Crippen LogP contribution in [0.25, 0.3) is 0 Å². The molecule has 0 radical (unpaired) electrons. The predicted molar refractivity (Wildman–Crippen MR) is 155 cm³/mol. The van der Waals surface area contributed by atoms with Crippen LogP contribution < -0.4 is 9.47 Å². The van der Waals surface area contributed by atoms with E-state index in [1.54, 1.807) is 25.1 Å². The Morgan fingerprint density at radius 3 is 2.25 bits per heavy atom. The van der Waals surface area contributed by atoms with Gasteiger partial charge >= 0.3 is 5.97 Å². The second-order valence-corrected chi connectivity index (χ2v) is 10.4. The van der Waals surface area contributed by atoms with Crippen molar-refractivity contribution in [2.45, 2.75) is 13.3 Å². The first kappa shape index (κ1) is 29.8. The molecule has 0 N–H and O–H groups in total. The van der Waals surface area contributed by atoms with Crippen LogP contribution in [0.4, 0.5) is 5.69 Å². The first-order valence-corrected chi connectivity index (χ1v) is 13.7. The van der Waals surface area contributed by atoms with Crippen molar-refractivity contribution in [2.75, 3.05) is 13.7 Å². The van der Waals surface area contributed by atoms with E-state index >= 15 is 0 Å². The van der Waals surface area contributed by atoms with Gasteiger partial charge in [0.05, 0.1) is 29.4 Å². The molecular formula is C32H27N3O9. The summed E-state index contributed by atoms with van der Waals surface area (Å²) in [5, 5.41) is 12.6. The number of methoxy groups -OCH3 is 1. The fraction of sp³-hybridized carbons (Fsp3) is 0.219. The van der Waals surface area contributed by atoms with E-state index in [1.165, 1.54) is 49.6 Å². The maximum absolute atomic E-state index is 13.7. The van der Waals surface area contributed by atoms with Crippen molar-refractivity contribution in [2.24, 2.45) is 17.8 Å². The van der Waals surface area contributed by atoms with Crippen LogP contribution in [0.15, 0.2) is 84.9 Å². The molecule has 1 saturated heterocycles. The fourth-order valence-corrected chi connectivity index (χ4v) is 5.33. The minimum Gasteiger partial charge on any atom is -0.497 e. The second-order valence-electron chi connectivity index (χ2n) is 10.4. The number of nitro groups is 1. The lowest BCUT2D eigenvalue weighted by molar-refractivity contribution is -0.384. The van der Waals surface area contributed by atoms with Crippen LogP contribution in [0, 0.1) is 27.9 Å². The van der Waals surface area contributed by atoms with Crippen LogP contribution in [0.2, 0.25) is 0 Å². The molecule has 0 saturated carbocycles. The number of nitrogens with zero attached hydrogens (tertiary/aromatic N) is 3. The average molecular weight is 598 g/mol. The molecule has 5 rings (SSSR count). The van der Waals surface area contributed by atoms with Crippen molar-refractivity contribution < 1.29 is 38.4 Å². The minimum absolute atomic E-state index is 0.0511. The Kier molecular flexibility index (Phi) is 8.34. The Bertz CT molecular complexity index is 1680. The number of rotatable bonds is 9. The van der Waals surface area contributed by atoms with Crippen LogP contribution in [-0.4, -0.2) is 58.1 Å². The summed E-state index contributed by atoms with van der Waals surface area (Å²) in [6.07, 6.45) is 3.97.